The first-order chi connectivity index (χ1) is 8.69. The van der Waals surface area contributed by atoms with Gasteiger partial charge in [0.1, 0.15) is 12.4 Å². The Kier molecular flexibility index (Phi) is 4.49. The van der Waals surface area contributed by atoms with Gasteiger partial charge in [-0.05, 0) is 40.2 Å². The highest BCUT2D eigenvalue weighted by Gasteiger charge is 2.02. The van der Waals surface area contributed by atoms with Gasteiger partial charge in [-0.2, -0.15) is 0 Å². The summed E-state index contributed by atoms with van der Waals surface area (Å²) in [6, 6.07) is 7.23. The first kappa shape index (κ1) is 13.2. The Morgan fingerprint density at radius 1 is 1.22 bits per heavy atom. The molecule has 3 nitrogen and oxygen atoms in total. The quantitative estimate of drug-likeness (QED) is 0.763. The van der Waals surface area contributed by atoms with Crippen LogP contribution >= 0.6 is 31.9 Å². The van der Waals surface area contributed by atoms with Gasteiger partial charge in [0.05, 0.1) is 0 Å². The fourth-order valence-corrected chi connectivity index (χ4v) is 2.16. The number of nitrogens with zero attached hydrogens (tertiary/aromatic N) is 1. The summed E-state index contributed by atoms with van der Waals surface area (Å²) in [5, 5.41) is 0. The van der Waals surface area contributed by atoms with E-state index in [1.807, 2.05) is 12.1 Å². The molecule has 2 rings (SSSR count). The first-order valence-electron chi connectivity index (χ1n) is 5.16. The lowest BCUT2D eigenvalue weighted by Gasteiger charge is -2.07. The molecule has 0 radical (unpaired) electrons. The molecule has 0 amide bonds. The van der Waals surface area contributed by atoms with E-state index < -0.39 is 0 Å². The van der Waals surface area contributed by atoms with E-state index in [9.17, 15) is 4.79 Å². The van der Waals surface area contributed by atoms with Crippen molar-refractivity contribution in [2.24, 2.45) is 0 Å². The molecule has 1 aromatic heterocycles. The molecule has 0 saturated heterocycles. The molecule has 0 aliphatic heterocycles. The molecule has 1 aromatic carbocycles. The van der Waals surface area contributed by atoms with Crippen molar-refractivity contribution in [2.75, 3.05) is 0 Å². The second kappa shape index (κ2) is 6.11. The molecule has 0 bridgehead atoms. The van der Waals surface area contributed by atoms with E-state index in [0.29, 0.717) is 17.9 Å². The maximum absolute atomic E-state index is 10.8. The van der Waals surface area contributed by atoms with Crippen LogP contribution in [-0.4, -0.2) is 11.3 Å². The average molecular weight is 371 g/mol. The highest BCUT2D eigenvalue weighted by atomic mass is 79.9. The summed E-state index contributed by atoms with van der Waals surface area (Å²) in [7, 11) is 0. The Morgan fingerprint density at radius 2 is 2.06 bits per heavy atom. The van der Waals surface area contributed by atoms with Crippen molar-refractivity contribution in [1.82, 2.24) is 4.98 Å². The minimum Gasteiger partial charge on any atom is -0.489 e. The maximum Gasteiger partial charge on any atom is 0.151 e. The van der Waals surface area contributed by atoms with E-state index in [4.69, 9.17) is 4.74 Å². The Labute approximate surface area is 121 Å². The minimum absolute atomic E-state index is 0.409. The van der Waals surface area contributed by atoms with Crippen LogP contribution in [0.3, 0.4) is 0 Å². The van der Waals surface area contributed by atoms with E-state index in [-0.39, 0.29) is 0 Å². The van der Waals surface area contributed by atoms with Crippen LogP contribution in [0.15, 0.2) is 45.6 Å². The van der Waals surface area contributed by atoms with Gasteiger partial charge < -0.3 is 4.74 Å². The Hall–Kier alpha value is -1.20. The Morgan fingerprint density at radius 3 is 2.78 bits per heavy atom. The van der Waals surface area contributed by atoms with Gasteiger partial charge in [-0.25, -0.2) is 0 Å². The zero-order valence-electron chi connectivity index (χ0n) is 9.27. The molecule has 0 N–H and O–H groups in total. The van der Waals surface area contributed by atoms with Crippen LogP contribution in [0.1, 0.15) is 15.9 Å². The minimum atomic E-state index is 0.409. The third-order valence-electron chi connectivity index (χ3n) is 2.26. The molecule has 0 aliphatic carbocycles. The molecule has 5 heteroatoms. The van der Waals surface area contributed by atoms with E-state index in [2.05, 4.69) is 36.8 Å². The number of aromatic nitrogens is 1. The van der Waals surface area contributed by atoms with E-state index in [0.717, 1.165) is 20.8 Å². The number of benzene rings is 1. The average Bonchev–Trinajstić information content (AvgIpc) is 2.38. The van der Waals surface area contributed by atoms with Crippen LogP contribution in [0.4, 0.5) is 0 Å². The summed E-state index contributed by atoms with van der Waals surface area (Å²) in [5.74, 6) is 0.653. The number of rotatable bonds is 4. The van der Waals surface area contributed by atoms with Gasteiger partial charge in [0.15, 0.2) is 6.29 Å². The summed E-state index contributed by atoms with van der Waals surface area (Å²) in [6.45, 7) is 0.409. The first-order valence-corrected chi connectivity index (χ1v) is 6.74. The molecule has 1 heterocycles. The predicted octanol–water partition coefficient (Wildman–Crippen LogP) is 4.00. The lowest BCUT2D eigenvalue weighted by molar-refractivity contribution is 0.112. The molecular formula is C13H9Br2NO2. The molecule has 92 valence electrons. The van der Waals surface area contributed by atoms with Crippen molar-refractivity contribution < 1.29 is 9.53 Å². The van der Waals surface area contributed by atoms with Crippen molar-refractivity contribution >= 4 is 38.1 Å². The number of hydrogen-bond donors (Lipinski definition) is 0. The van der Waals surface area contributed by atoms with Gasteiger partial charge in [0.25, 0.3) is 0 Å². The smallest absolute Gasteiger partial charge is 0.151 e. The number of ether oxygens (including phenoxy) is 1. The number of carbonyl (C=O) groups is 1. The predicted molar refractivity (Wildman–Crippen MR) is 75.8 cm³/mol. The third kappa shape index (κ3) is 3.40. The zero-order chi connectivity index (χ0) is 13.0. The van der Waals surface area contributed by atoms with Gasteiger partial charge in [-0.3, -0.25) is 9.78 Å². The van der Waals surface area contributed by atoms with Crippen LogP contribution in [0.25, 0.3) is 0 Å². The van der Waals surface area contributed by atoms with Gasteiger partial charge in [0, 0.05) is 32.5 Å². The zero-order valence-corrected chi connectivity index (χ0v) is 12.4. The second-order valence-corrected chi connectivity index (χ2v) is 5.37. The largest absolute Gasteiger partial charge is 0.489 e. The molecule has 18 heavy (non-hydrogen) atoms. The Balaban J connectivity index is 2.08. The number of halogens is 2. The summed E-state index contributed by atoms with van der Waals surface area (Å²) < 4.78 is 7.27. The van der Waals surface area contributed by atoms with Gasteiger partial charge in [-0.15, -0.1) is 0 Å². The number of carbonyl (C=O) groups excluding carboxylic acids is 1. The van der Waals surface area contributed by atoms with Crippen molar-refractivity contribution in [3.63, 3.8) is 0 Å². The topological polar surface area (TPSA) is 39.2 Å². The Bertz CT molecular complexity index is 573. The molecule has 2 aromatic rings. The molecule has 0 aliphatic rings. The standard InChI is InChI=1S/C13H9Br2NO2/c14-11-3-9(5-16-6-11)8-18-12-1-2-13(15)10(4-12)7-17/h1-7H,8H2. The maximum atomic E-state index is 10.8. The van der Waals surface area contributed by atoms with Crippen molar-refractivity contribution in [2.45, 2.75) is 6.61 Å². The van der Waals surface area contributed by atoms with Crippen LogP contribution in [-0.2, 0) is 6.61 Å². The second-order valence-electron chi connectivity index (χ2n) is 3.60. The van der Waals surface area contributed by atoms with Crippen LogP contribution < -0.4 is 4.74 Å². The molecule has 0 spiro atoms. The number of pyridine rings is 1. The van der Waals surface area contributed by atoms with E-state index >= 15 is 0 Å². The van der Waals surface area contributed by atoms with Gasteiger partial charge >= 0.3 is 0 Å². The lowest BCUT2D eigenvalue weighted by atomic mass is 10.2. The van der Waals surface area contributed by atoms with Crippen LogP contribution in [0.2, 0.25) is 0 Å². The molecular weight excluding hydrogens is 362 g/mol. The molecule has 0 saturated carbocycles. The molecule has 0 atom stereocenters. The fraction of sp³-hybridized carbons (Fsp3) is 0.0769. The summed E-state index contributed by atoms with van der Waals surface area (Å²) in [6.07, 6.45) is 4.25. The van der Waals surface area contributed by atoms with Crippen molar-refractivity contribution in [3.8, 4) is 5.75 Å². The number of hydrogen-bond acceptors (Lipinski definition) is 3. The van der Waals surface area contributed by atoms with Crippen molar-refractivity contribution in [3.05, 3.63) is 56.7 Å². The SMILES string of the molecule is O=Cc1cc(OCc2cncc(Br)c2)ccc1Br. The highest BCUT2D eigenvalue weighted by Crippen LogP contribution is 2.22. The lowest BCUT2D eigenvalue weighted by Crippen LogP contribution is -1.97. The van der Waals surface area contributed by atoms with Gasteiger partial charge in [0.2, 0.25) is 0 Å². The van der Waals surface area contributed by atoms with Crippen molar-refractivity contribution in [1.29, 1.82) is 0 Å². The van der Waals surface area contributed by atoms with Crippen LogP contribution in [0, 0.1) is 0 Å². The third-order valence-corrected chi connectivity index (χ3v) is 3.42. The normalized spacial score (nSPS) is 10.1. The van der Waals surface area contributed by atoms with Crippen LogP contribution in [0.5, 0.6) is 5.75 Å². The van der Waals surface area contributed by atoms with E-state index in [1.165, 1.54) is 0 Å². The fourth-order valence-electron chi connectivity index (χ4n) is 1.40. The molecule has 0 unspecified atom stereocenters. The van der Waals surface area contributed by atoms with Gasteiger partial charge in [-0.1, -0.05) is 15.9 Å². The monoisotopic (exact) mass is 369 g/mol. The summed E-state index contributed by atoms with van der Waals surface area (Å²) in [5.41, 5.74) is 1.53. The summed E-state index contributed by atoms with van der Waals surface area (Å²) >= 11 is 6.64. The number of aldehydes is 1. The highest BCUT2D eigenvalue weighted by molar-refractivity contribution is 9.10. The summed E-state index contributed by atoms with van der Waals surface area (Å²) in [4.78, 5) is 14.9. The molecule has 0 fully saturated rings. The van der Waals surface area contributed by atoms with E-state index in [1.54, 1.807) is 24.5 Å².